The number of rotatable bonds is 4. The Morgan fingerprint density at radius 1 is 1.39 bits per heavy atom. The molecule has 3 heterocycles. The van der Waals surface area contributed by atoms with Crippen molar-refractivity contribution >= 4 is 27.1 Å². The van der Waals surface area contributed by atoms with E-state index in [9.17, 15) is 13.2 Å². The van der Waals surface area contributed by atoms with Gasteiger partial charge in [0.2, 0.25) is 5.91 Å². The van der Waals surface area contributed by atoms with Crippen LogP contribution < -0.4 is 5.32 Å². The molecule has 3 rings (SSSR count). The van der Waals surface area contributed by atoms with Gasteiger partial charge in [0, 0.05) is 17.3 Å². The first kappa shape index (κ1) is 16.9. The number of aromatic nitrogens is 1. The zero-order valence-corrected chi connectivity index (χ0v) is 15.0. The number of sulfone groups is 1. The maximum atomic E-state index is 12.3. The molecule has 1 N–H and O–H groups in total. The predicted octanol–water partition coefficient (Wildman–Crippen LogP) is 0.967. The van der Waals surface area contributed by atoms with Crippen molar-refractivity contribution in [2.75, 3.05) is 24.6 Å². The van der Waals surface area contributed by atoms with Gasteiger partial charge in [0.1, 0.15) is 0 Å². The molecule has 2 aliphatic rings. The molecule has 0 bridgehead atoms. The van der Waals surface area contributed by atoms with Crippen LogP contribution in [0.3, 0.4) is 0 Å². The Labute approximate surface area is 141 Å². The fourth-order valence-electron chi connectivity index (χ4n) is 3.40. The second-order valence-electron chi connectivity index (χ2n) is 6.44. The van der Waals surface area contributed by atoms with Gasteiger partial charge in [-0.2, -0.15) is 0 Å². The highest BCUT2D eigenvalue weighted by atomic mass is 32.2. The molecule has 6 nitrogen and oxygen atoms in total. The lowest BCUT2D eigenvalue weighted by atomic mass is 9.94. The molecule has 0 radical (unpaired) electrons. The fraction of sp³-hybridized carbons (Fsp3) is 0.733. The first-order valence-electron chi connectivity index (χ1n) is 8.06. The number of likely N-dealkylation sites (tertiary alicyclic amines) is 1. The molecule has 1 aromatic rings. The van der Waals surface area contributed by atoms with Crippen LogP contribution in [-0.4, -0.2) is 54.8 Å². The summed E-state index contributed by atoms with van der Waals surface area (Å²) in [5.74, 6) is 0.719. The molecule has 1 atom stereocenters. The number of amides is 1. The van der Waals surface area contributed by atoms with Gasteiger partial charge in [-0.3, -0.25) is 9.69 Å². The van der Waals surface area contributed by atoms with E-state index in [1.54, 1.807) is 11.3 Å². The number of thiazole rings is 1. The van der Waals surface area contributed by atoms with Gasteiger partial charge in [-0.25, -0.2) is 13.4 Å². The SMILES string of the molecule is Cc1nc(CNC(=O)C2CCN([C@H]3CCS(=O)(=O)C3)CC2)cs1. The van der Waals surface area contributed by atoms with Crippen LogP contribution in [-0.2, 0) is 21.2 Å². The summed E-state index contributed by atoms with van der Waals surface area (Å²) in [6, 6.07) is 0.155. The fourth-order valence-corrected chi connectivity index (χ4v) is 5.78. The minimum Gasteiger partial charge on any atom is -0.350 e. The lowest BCUT2D eigenvalue weighted by Crippen LogP contribution is -2.45. The first-order chi connectivity index (χ1) is 10.9. The third-order valence-corrected chi connectivity index (χ3v) is 7.31. The van der Waals surface area contributed by atoms with Crippen molar-refractivity contribution in [1.82, 2.24) is 15.2 Å². The summed E-state index contributed by atoms with van der Waals surface area (Å²) in [6.07, 6.45) is 2.35. The van der Waals surface area contributed by atoms with E-state index >= 15 is 0 Å². The summed E-state index contributed by atoms with van der Waals surface area (Å²) in [4.78, 5) is 18.9. The molecule has 8 heteroatoms. The number of hydrogen-bond acceptors (Lipinski definition) is 6. The van der Waals surface area contributed by atoms with Crippen LogP contribution >= 0.6 is 11.3 Å². The van der Waals surface area contributed by atoms with Crippen molar-refractivity contribution in [2.45, 2.75) is 38.8 Å². The predicted molar refractivity (Wildman–Crippen MR) is 90.1 cm³/mol. The molecule has 2 saturated heterocycles. The summed E-state index contributed by atoms with van der Waals surface area (Å²) < 4.78 is 23.2. The number of nitrogens with one attached hydrogen (secondary N) is 1. The van der Waals surface area contributed by atoms with Crippen molar-refractivity contribution in [2.24, 2.45) is 5.92 Å². The van der Waals surface area contributed by atoms with E-state index in [2.05, 4.69) is 15.2 Å². The zero-order valence-electron chi connectivity index (χ0n) is 13.3. The highest BCUT2D eigenvalue weighted by molar-refractivity contribution is 7.91. The van der Waals surface area contributed by atoms with E-state index in [4.69, 9.17) is 0 Å². The summed E-state index contributed by atoms with van der Waals surface area (Å²) in [5.41, 5.74) is 0.912. The minimum atomic E-state index is -2.84. The number of piperidine rings is 1. The topological polar surface area (TPSA) is 79.4 Å². The summed E-state index contributed by atoms with van der Waals surface area (Å²) >= 11 is 1.59. The zero-order chi connectivity index (χ0) is 16.4. The monoisotopic (exact) mass is 357 g/mol. The molecule has 0 aliphatic carbocycles. The highest BCUT2D eigenvalue weighted by Crippen LogP contribution is 2.24. The number of aryl methyl sites for hydroxylation is 1. The third-order valence-electron chi connectivity index (χ3n) is 4.74. The van der Waals surface area contributed by atoms with Crippen LogP contribution in [0.1, 0.15) is 30.0 Å². The van der Waals surface area contributed by atoms with Gasteiger partial charge in [0.25, 0.3) is 0 Å². The average molecular weight is 358 g/mol. The first-order valence-corrected chi connectivity index (χ1v) is 10.8. The lowest BCUT2D eigenvalue weighted by molar-refractivity contribution is -0.126. The number of hydrogen-bond donors (Lipinski definition) is 1. The van der Waals surface area contributed by atoms with E-state index in [0.717, 1.165) is 43.1 Å². The van der Waals surface area contributed by atoms with Gasteiger partial charge < -0.3 is 5.32 Å². The molecule has 1 aromatic heterocycles. The van der Waals surface area contributed by atoms with Gasteiger partial charge in [-0.05, 0) is 39.3 Å². The smallest absolute Gasteiger partial charge is 0.223 e. The molecule has 2 aliphatic heterocycles. The van der Waals surface area contributed by atoms with Crippen molar-refractivity contribution in [1.29, 1.82) is 0 Å². The third kappa shape index (κ3) is 4.30. The molecule has 128 valence electrons. The second kappa shape index (κ2) is 6.86. The van der Waals surface area contributed by atoms with Crippen molar-refractivity contribution in [3.8, 4) is 0 Å². The van der Waals surface area contributed by atoms with Crippen LogP contribution in [0.5, 0.6) is 0 Å². The normalized spacial score (nSPS) is 25.5. The minimum absolute atomic E-state index is 0.0315. The van der Waals surface area contributed by atoms with Gasteiger partial charge >= 0.3 is 0 Å². The van der Waals surface area contributed by atoms with E-state index in [1.807, 2.05) is 12.3 Å². The summed E-state index contributed by atoms with van der Waals surface area (Å²) in [6.45, 7) is 4.07. The largest absolute Gasteiger partial charge is 0.350 e. The highest BCUT2D eigenvalue weighted by Gasteiger charge is 2.35. The molecule has 0 unspecified atom stereocenters. The van der Waals surface area contributed by atoms with E-state index < -0.39 is 9.84 Å². The Kier molecular flexibility index (Phi) is 5.03. The van der Waals surface area contributed by atoms with E-state index in [1.165, 1.54) is 0 Å². The number of carbonyl (C=O) groups excluding carboxylic acids is 1. The average Bonchev–Trinajstić information content (AvgIpc) is 3.10. The van der Waals surface area contributed by atoms with Crippen LogP contribution in [0.4, 0.5) is 0 Å². The van der Waals surface area contributed by atoms with E-state index in [-0.39, 0.29) is 23.6 Å². The molecule has 2 fully saturated rings. The van der Waals surface area contributed by atoms with Gasteiger partial charge in [-0.1, -0.05) is 0 Å². The molecular weight excluding hydrogens is 334 g/mol. The van der Waals surface area contributed by atoms with Crippen molar-refractivity contribution in [3.63, 3.8) is 0 Å². The molecule has 1 amide bonds. The summed E-state index contributed by atoms with van der Waals surface area (Å²) in [7, 11) is -2.84. The lowest BCUT2D eigenvalue weighted by Gasteiger charge is -2.34. The van der Waals surface area contributed by atoms with E-state index in [0.29, 0.717) is 12.3 Å². The van der Waals surface area contributed by atoms with Crippen molar-refractivity contribution < 1.29 is 13.2 Å². The summed E-state index contributed by atoms with van der Waals surface area (Å²) in [5, 5.41) is 5.95. The van der Waals surface area contributed by atoms with Gasteiger partial charge in [0.15, 0.2) is 9.84 Å². The Hall–Kier alpha value is -0.990. The van der Waals surface area contributed by atoms with Crippen LogP contribution in [0.25, 0.3) is 0 Å². The number of nitrogens with zero attached hydrogens (tertiary/aromatic N) is 2. The van der Waals surface area contributed by atoms with Gasteiger partial charge in [-0.15, -0.1) is 11.3 Å². The molecule has 0 aromatic carbocycles. The Balaban J connectivity index is 1.44. The Morgan fingerprint density at radius 3 is 2.70 bits per heavy atom. The van der Waals surface area contributed by atoms with Crippen molar-refractivity contribution in [3.05, 3.63) is 16.1 Å². The standard InChI is InChI=1S/C15H23N3O3S2/c1-11-17-13(9-22-11)8-16-15(19)12-2-5-18(6-3-12)14-4-7-23(20,21)10-14/h9,12,14H,2-8,10H2,1H3,(H,16,19)/t14-/m0/s1. The van der Waals surface area contributed by atoms with Crippen LogP contribution in [0.2, 0.25) is 0 Å². The second-order valence-corrected chi connectivity index (χ2v) is 9.73. The number of carbonyl (C=O) groups is 1. The van der Waals surface area contributed by atoms with Crippen LogP contribution in [0, 0.1) is 12.8 Å². The Morgan fingerprint density at radius 2 is 2.13 bits per heavy atom. The maximum Gasteiger partial charge on any atom is 0.223 e. The maximum absolute atomic E-state index is 12.3. The van der Waals surface area contributed by atoms with Gasteiger partial charge in [0.05, 0.1) is 28.8 Å². The molecular formula is C15H23N3O3S2. The molecule has 0 saturated carbocycles. The quantitative estimate of drug-likeness (QED) is 0.868. The van der Waals surface area contributed by atoms with Crippen LogP contribution in [0.15, 0.2) is 5.38 Å². The molecule has 23 heavy (non-hydrogen) atoms. The molecule has 0 spiro atoms. The Bertz CT molecular complexity index is 663.